The van der Waals surface area contributed by atoms with Gasteiger partial charge in [-0.1, -0.05) is 31.0 Å². The first kappa shape index (κ1) is 16.1. The molecule has 1 aromatic rings. The normalized spacial score (nSPS) is 11.6. The van der Waals surface area contributed by atoms with Gasteiger partial charge in [0.1, 0.15) is 0 Å². The van der Waals surface area contributed by atoms with Crippen LogP contribution >= 0.6 is 11.6 Å². The molecule has 0 aliphatic heterocycles. The molecule has 6 heteroatoms. The number of hydrogen-bond donors (Lipinski definition) is 1. The fraction of sp³-hybridized carbons (Fsp3) is 0.538. The first-order valence-electron chi connectivity index (χ1n) is 6.14. The van der Waals surface area contributed by atoms with Crippen molar-refractivity contribution in [3.8, 4) is 0 Å². The Hall–Kier alpha value is -0.940. The van der Waals surface area contributed by atoms with Crippen LogP contribution in [0.3, 0.4) is 0 Å². The summed E-state index contributed by atoms with van der Waals surface area (Å²) in [5.41, 5.74) is -0.843. The third-order valence-electron chi connectivity index (χ3n) is 2.51. The van der Waals surface area contributed by atoms with E-state index in [0.717, 1.165) is 18.9 Å². The molecule has 0 atom stereocenters. The predicted octanol–water partition coefficient (Wildman–Crippen LogP) is 4.59. The molecule has 19 heavy (non-hydrogen) atoms. The molecule has 0 heterocycles. The molecule has 0 unspecified atom stereocenters. The number of unbranched alkanes of at least 4 members (excludes halogenated alkanes) is 1. The Bertz CT molecular complexity index is 396. The summed E-state index contributed by atoms with van der Waals surface area (Å²) < 4.78 is 43.6. The van der Waals surface area contributed by atoms with E-state index < -0.39 is 11.7 Å². The van der Waals surface area contributed by atoms with E-state index in [4.69, 9.17) is 16.3 Å². The van der Waals surface area contributed by atoms with Crippen molar-refractivity contribution >= 4 is 17.3 Å². The number of para-hydroxylation sites is 1. The summed E-state index contributed by atoms with van der Waals surface area (Å²) in [5, 5.41) is 2.75. The minimum Gasteiger partial charge on any atom is -0.381 e. The highest BCUT2D eigenvalue weighted by atomic mass is 35.5. The molecule has 0 radical (unpaired) electrons. The third-order valence-corrected chi connectivity index (χ3v) is 2.82. The highest BCUT2D eigenvalue weighted by Gasteiger charge is 2.34. The number of benzene rings is 1. The maximum Gasteiger partial charge on any atom is 0.418 e. The highest BCUT2D eigenvalue weighted by molar-refractivity contribution is 6.33. The van der Waals surface area contributed by atoms with Gasteiger partial charge in [0.15, 0.2) is 0 Å². The summed E-state index contributed by atoms with van der Waals surface area (Å²) in [5.74, 6) is 0. The van der Waals surface area contributed by atoms with Gasteiger partial charge in [0.25, 0.3) is 0 Å². The van der Waals surface area contributed by atoms with Crippen molar-refractivity contribution < 1.29 is 17.9 Å². The average molecular weight is 296 g/mol. The Balaban J connectivity index is 2.57. The van der Waals surface area contributed by atoms with E-state index in [-0.39, 0.29) is 17.3 Å². The van der Waals surface area contributed by atoms with Crippen LogP contribution in [-0.4, -0.2) is 19.8 Å². The summed E-state index contributed by atoms with van der Waals surface area (Å²) in [6.07, 6.45) is -2.45. The topological polar surface area (TPSA) is 21.3 Å². The zero-order chi connectivity index (χ0) is 14.3. The zero-order valence-corrected chi connectivity index (χ0v) is 11.4. The zero-order valence-electron chi connectivity index (χ0n) is 10.7. The van der Waals surface area contributed by atoms with Crippen LogP contribution in [0.25, 0.3) is 0 Å². The van der Waals surface area contributed by atoms with Crippen LogP contribution < -0.4 is 5.32 Å². The van der Waals surface area contributed by atoms with Crippen LogP contribution in [0, 0.1) is 0 Å². The van der Waals surface area contributed by atoms with Gasteiger partial charge in [0.2, 0.25) is 0 Å². The second-order valence-corrected chi connectivity index (χ2v) is 4.46. The molecule has 0 fully saturated rings. The van der Waals surface area contributed by atoms with Crippen LogP contribution in [0.4, 0.5) is 18.9 Å². The highest BCUT2D eigenvalue weighted by Crippen LogP contribution is 2.38. The molecule has 108 valence electrons. The molecule has 2 nitrogen and oxygen atoms in total. The van der Waals surface area contributed by atoms with Gasteiger partial charge in [0.05, 0.1) is 22.9 Å². The number of nitrogens with one attached hydrogen (secondary N) is 1. The number of ether oxygens (including phenoxy) is 1. The minimum atomic E-state index is -4.42. The summed E-state index contributed by atoms with van der Waals surface area (Å²) in [7, 11) is 0. The molecule has 0 aliphatic carbocycles. The monoisotopic (exact) mass is 295 g/mol. The maximum atomic E-state index is 12.8. The van der Waals surface area contributed by atoms with E-state index in [0.29, 0.717) is 13.2 Å². The molecule has 0 spiro atoms. The lowest BCUT2D eigenvalue weighted by atomic mass is 10.1. The van der Waals surface area contributed by atoms with E-state index in [1.165, 1.54) is 12.1 Å². The van der Waals surface area contributed by atoms with Crippen LogP contribution in [-0.2, 0) is 10.9 Å². The van der Waals surface area contributed by atoms with Crippen LogP contribution in [0.15, 0.2) is 18.2 Å². The molecule has 1 rings (SSSR count). The third kappa shape index (κ3) is 5.28. The molecule has 0 saturated heterocycles. The van der Waals surface area contributed by atoms with Crippen molar-refractivity contribution in [2.45, 2.75) is 25.9 Å². The number of halogens is 4. The summed E-state index contributed by atoms with van der Waals surface area (Å²) in [6.45, 7) is 3.30. The minimum absolute atomic E-state index is 0.0587. The Morgan fingerprint density at radius 2 is 2.00 bits per heavy atom. The standard InChI is InChI=1S/C13H17ClF3NO/c1-2-3-8-19-9-7-18-12-10(13(15,16)17)5-4-6-11(12)14/h4-6,18H,2-3,7-9H2,1H3. The SMILES string of the molecule is CCCCOCCNc1c(Cl)cccc1C(F)(F)F. The van der Waals surface area contributed by atoms with Crippen LogP contribution in [0.1, 0.15) is 25.3 Å². The van der Waals surface area contributed by atoms with E-state index in [9.17, 15) is 13.2 Å². The van der Waals surface area contributed by atoms with Crippen molar-refractivity contribution in [3.05, 3.63) is 28.8 Å². The van der Waals surface area contributed by atoms with Crippen LogP contribution in [0.2, 0.25) is 5.02 Å². The lowest BCUT2D eigenvalue weighted by Crippen LogP contribution is -2.15. The number of anilines is 1. The van der Waals surface area contributed by atoms with Crippen molar-refractivity contribution in [2.24, 2.45) is 0 Å². The van der Waals surface area contributed by atoms with E-state index >= 15 is 0 Å². The quantitative estimate of drug-likeness (QED) is 0.743. The lowest BCUT2D eigenvalue weighted by Gasteiger charge is -2.15. The van der Waals surface area contributed by atoms with E-state index in [1.807, 2.05) is 6.92 Å². The summed E-state index contributed by atoms with van der Waals surface area (Å²) in [4.78, 5) is 0. The lowest BCUT2D eigenvalue weighted by molar-refractivity contribution is -0.136. The van der Waals surface area contributed by atoms with E-state index in [1.54, 1.807) is 0 Å². The summed E-state index contributed by atoms with van der Waals surface area (Å²) >= 11 is 5.79. The van der Waals surface area contributed by atoms with E-state index in [2.05, 4.69) is 5.32 Å². The van der Waals surface area contributed by atoms with Crippen molar-refractivity contribution in [2.75, 3.05) is 25.1 Å². The molecule has 1 aromatic carbocycles. The largest absolute Gasteiger partial charge is 0.418 e. The fourth-order valence-electron chi connectivity index (χ4n) is 1.54. The Kier molecular flexibility index (Phi) is 6.45. The first-order valence-corrected chi connectivity index (χ1v) is 6.52. The smallest absolute Gasteiger partial charge is 0.381 e. The second kappa shape index (κ2) is 7.60. The molecule has 0 bridgehead atoms. The number of hydrogen-bond acceptors (Lipinski definition) is 2. The molecule has 0 aliphatic rings. The Labute approximate surface area is 115 Å². The molecule has 0 aromatic heterocycles. The first-order chi connectivity index (χ1) is 8.96. The molecule has 1 N–H and O–H groups in total. The molecule has 0 saturated carbocycles. The van der Waals surface area contributed by atoms with Gasteiger partial charge in [-0.25, -0.2) is 0 Å². The molecule has 0 amide bonds. The average Bonchev–Trinajstić information content (AvgIpc) is 2.33. The Morgan fingerprint density at radius 1 is 1.26 bits per heavy atom. The molecular formula is C13H17ClF3NO. The maximum absolute atomic E-state index is 12.8. The summed E-state index contributed by atoms with van der Waals surface area (Å²) in [6, 6.07) is 3.72. The van der Waals surface area contributed by atoms with Crippen molar-refractivity contribution in [3.63, 3.8) is 0 Å². The number of rotatable bonds is 7. The molecular weight excluding hydrogens is 279 g/mol. The van der Waals surface area contributed by atoms with Crippen molar-refractivity contribution in [1.29, 1.82) is 0 Å². The van der Waals surface area contributed by atoms with Gasteiger partial charge >= 0.3 is 6.18 Å². The second-order valence-electron chi connectivity index (χ2n) is 4.05. The number of alkyl halides is 3. The van der Waals surface area contributed by atoms with Gasteiger partial charge < -0.3 is 10.1 Å². The van der Waals surface area contributed by atoms with Crippen LogP contribution in [0.5, 0.6) is 0 Å². The predicted molar refractivity (Wildman–Crippen MR) is 70.7 cm³/mol. The van der Waals surface area contributed by atoms with Crippen molar-refractivity contribution in [1.82, 2.24) is 0 Å². The van der Waals surface area contributed by atoms with Gasteiger partial charge in [-0.15, -0.1) is 0 Å². The van der Waals surface area contributed by atoms with Gasteiger partial charge in [0, 0.05) is 13.2 Å². The van der Waals surface area contributed by atoms with Gasteiger partial charge in [-0.3, -0.25) is 0 Å². The Morgan fingerprint density at radius 3 is 2.63 bits per heavy atom. The fourth-order valence-corrected chi connectivity index (χ4v) is 1.78. The van der Waals surface area contributed by atoms with Gasteiger partial charge in [-0.2, -0.15) is 13.2 Å². The van der Waals surface area contributed by atoms with Gasteiger partial charge in [-0.05, 0) is 18.6 Å².